The van der Waals surface area contributed by atoms with E-state index in [1.807, 2.05) is 0 Å². The van der Waals surface area contributed by atoms with E-state index in [1.165, 1.54) is 6.07 Å². The summed E-state index contributed by atoms with van der Waals surface area (Å²) in [5.41, 5.74) is -0.635. The van der Waals surface area contributed by atoms with E-state index in [2.05, 4.69) is 0 Å². The minimum atomic E-state index is -1.02. The molecule has 1 aromatic rings. The molecule has 1 fully saturated rings. The van der Waals surface area contributed by atoms with Crippen LogP contribution in [0.15, 0.2) is 18.2 Å². The van der Waals surface area contributed by atoms with E-state index in [9.17, 15) is 9.50 Å². The number of halogens is 2. The van der Waals surface area contributed by atoms with Gasteiger partial charge in [0.1, 0.15) is 5.82 Å². The van der Waals surface area contributed by atoms with Gasteiger partial charge in [0.05, 0.1) is 11.7 Å². The van der Waals surface area contributed by atoms with Crippen molar-refractivity contribution in [2.24, 2.45) is 0 Å². The largest absolute Gasteiger partial charge is 0.387 e. The zero-order valence-electron chi connectivity index (χ0n) is 10.5. The normalized spacial score (nSPS) is 28.3. The van der Waals surface area contributed by atoms with E-state index in [0.29, 0.717) is 17.0 Å². The lowest BCUT2D eigenvalue weighted by Crippen LogP contribution is -2.47. The van der Waals surface area contributed by atoms with Crippen LogP contribution >= 0.6 is 11.6 Å². The molecule has 1 saturated carbocycles. The lowest BCUT2D eigenvalue weighted by molar-refractivity contribution is -0.116. The zero-order valence-corrected chi connectivity index (χ0v) is 11.2. The quantitative estimate of drug-likeness (QED) is 0.914. The highest BCUT2D eigenvalue weighted by atomic mass is 35.5. The predicted molar refractivity (Wildman–Crippen MR) is 69.3 cm³/mol. The maximum absolute atomic E-state index is 13.8. The van der Waals surface area contributed by atoms with Gasteiger partial charge in [-0.2, -0.15) is 0 Å². The van der Waals surface area contributed by atoms with Gasteiger partial charge in [-0.15, -0.1) is 0 Å². The second-order valence-electron chi connectivity index (χ2n) is 4.95. The Hall–Kier alpha value is -0.640. The standard InChI is InChI=1S/C14H18ClFO2/c1-18-13-7-2-3-8-14(13,17)9-10-11(15)5-4-6-12(10)16/h4-6,13,17H,2-3,7-9H2,1H3. The van der Waals surface area contributed by atoms with Crippen molar-refractivity contribution in [1.29, 1.82) is 0 Å². The summed E-state index contributed by atoms with van der Waals surface area (Å²) < 4.78 is 19.1. The predicted octanol–water partition coefficient (Wildman–Crippen LogP) is 3.34. The highest BCUT2D eigenvalue weighted by molar-refractivity contribution is 6.31. The topological polar surface area (TPSA) is 29.5 Å². The second-order valence-corrected chi connectivity index (χ2v) is 5.36. The smallest absolute Gasteiger partial charge is 0.127 e. The van der Waals surface area contributed by atoms with E-state index in [0.717, 1.165) is 19.3 Å². The molecule has 0 aliphatic heterocycles. The monoisotopic (exact) mass is 272 g/mol. The number of ether oxygens (including phenoxy) is 1. The Morgan fingerprint density at radius 2 is 2.28 bits per heavy atom. The zero-order chi connectivity index (χ0) is 13.2. The van der Waals surface area contributed by atoms with Crippen LogP contribution in [0.1, 0.15) is 31.2 Å². The fraction of sp³-hybridized carbons (Fsp3) is 0.571. The lowest BCUT2D eigenvalue weighted by atomic mass is 9.78. The van der Waals surface area contributed by atoms with Gasteiger partial charge in [0.2, 0.25) is 0 Å². The van der Waals surface area contributed by atoms with Crippen molar-refractivity contribution in [3.05, 3.63) is 34.6 Å². The molecule has 2 nitrogen and oxygen atoms in total. The van der Waals surface area contributed by atoms with E-state index in [-0.39, 0.29) is 18.3 Å². The van der Waals surface area contributed by atoms with Gasteiger partial charge in [0.15, 0.2) is 0 Å². The van der Waals surface area contributed by atoms with Crippen LogP contribution in [0.2, 0.25) is 5.02 Å². The molecule has 1 aromatic carbocycles. The average molecular weight is 273 g/mol. The summed E-state index contributed by atoms with van der Waals surface area (Å²) >= 11 is 6.01. The van der Waals surface area contributed by atoms with Crippen LogP contribution in [-0.4, -0.2) is 23.9 Å². The SMILES string of the molecule is COC1CCCCC1(O)Cc1c(F)cccc1Cl. The maximum atomic E-state index is 13.8. The van der Waals surface area contributed by atoms with E-state index >= 15 is 0 Å². The molecule has 2 atom stereocenters. The van der Waals surface area contributed by atoms with Crippen molar-refractivity contribution in [2.75, 3.05) is 7.11 Å². The minimum Gasteiger partial charge on any atom is -0.387 e. The molecule has 1 aliphatic rings. The van der Waals surface area contributed by atoms with Gasteiger partial charge in [-0.1, -0.05) is 30.5 Å². The first-order valence-corrected chi connectivity index (χ1v) is 6.63. The summed E-state index contributed by atoms with van der Waals surface area (Å²) in [6, 6.07) is 4.59. The number of rotatable bonds is 3. The van der Waals surface area contributed by atoms with Crippen LogP contribution in [-0.2, 0) is 11.2 Å². The molecule has 2 rings (SSSR count). The van der Waals surface area contributed by atoms with Crippen LogP contribution < -0.4 is 0 Å². The van der Waals surface area contributed by atoms with Crippen molar-refractivity contribution in [3.8, 4) is 0 Å². The molecule has 0 amide bonds. The summed E-state index contributed by atoms with van der Waals surface area (Å²) in [5, 5.41) is 11.0. The molecule has 0 saturated heterocycles. The Labute approximate surface area is 112 Å². The minimum absolute atomic E-state index is 0.205. The van der Waals surface area contributed by atoms with Crippen LogP contribution in [0, 0.1) is 5.82 Å². The van der Waals surface area contributed by atoms with Crippen LogP contribution in [0.25, 0.3) is 0 Å². The third-order valence-electron chi connectivity index (χ3n) is 3.75. The van der Waals surface area contributed by atoms with Gasteiger partial charge in [0.25, 0.3) is 0 Å². The summed E-state index contributed by atoms with van der Waals surface area (Å²) in [6.45, 7) is 0. The fourth-order valence-corrected chi connectivity index (χ4v) is 2.97. The number of hydrogen-bond donors (Lipinski definition) is 1. The first kappa shape index (κ1) is 13.8. The Morgan fingerprint density at radius 1 is 1.50 bits per heavy atom. The summed E-state index contributed by atoms with van der Waals surface area (Å²) in [7, 11) is 1.59. The van der Waals surface area contributed by atoms with Gasteiger partial charge in [-0.3, -0.25) is 0 Å². The highest BCUT2D eigenvalue weighted by Crippen LogP contribution is 2.35. The molecule has 0 heterocycles. The third kappa shape index (κ3) is 2.68. The van der Waals surface area contributed by atoms with Crippen molar-refractivity contribution < 1.29 is 14.2 Å². The molecule has 0 spiro atoms. The molecular formula is C14H18ClFO2. The van der Waals surface area contributed by atoms with E-state index in [1.54, 1.807) is 19.2 Å². The molecule has 1 N–H and O–H groups in total. The number of hydrogen-bond acceptors (Lipinski definition) is 2. The molecule has 0 bridgehead atoms. The second kappa shape index (κ2) is 5.55. The number of aliphatic hydroxyl groups is 1. The Kier molecular flexibility index (Phi) is 4.25. The first-order chi connectivity index (χ1) is 8.57. The van der Waals surface area contributed by atoms with Crippen molar-refractivity contribution in [3.63, 3.8) is 0 Å². The number of methoxy groups -OCH3 is 1. The van der Waals surface area contributed by atoms with Crippen LogP contribution in [0.4, 0.5) is 4.39 Å². The first-order valence-electron chi connectivity index (χ1n) is 6.25. The Bertz CT molecular complexity index is 404. The number of benzene rings is 1. The van der Waals surface area contributed by atoms with Crippen molar-refractivity contribution in [1.82, 2.24) is 0 Å². The maximum Gasteiger partial charge on any atom is 0.127 e. The average Bonchev–Trinajstić information content (AvgIpc) is 2.35. The third-order valence-corrected chi connectivity index (χ3v) is 4.11. The van der Waals surface area contributed by atoms with Crippen LogP contribution in [0.3, 0.4) is 0 Å². The molecule has 18 heavy (non-hydrogen) atoms. The molecule has 0 aromatic heterocycles. The van der Waals surface area contributed by atoms with Gasteiger partial charge < -0.3 is 9.84 Å². The molecular weight excluding hydrogens is 255 g/mol. The van der Waals surface area contributed by atoms with Gasteiger partial charge >= 0.3 is 0 Å². The molecule has 0 radical (unpaired) electrons. The Balaban J connectivity index is 2.25. The van der Waals surface area contributed by atoms with Gasteiger partial charge in [0, 0.05) is 24.1 Å². The van der Waals surface area contributed by atoms with Crippen molar-refractivity contribution in [2.45, 2.75) is 43.8 Å². The molecule has 2 unspecified atom stereocenters. The van der Waals surface area contributed by atoms with E-state index in [4.69, 9.17) is 16.3 Å². The summed E-state index contributed by atoms with van der Waals surface area (Å²) in [6.07, 6.45) is 3.35. The molecule has 100 valence electrons. The van der Waals surface area contributed by atoms with E-state index < -0.39 is 5.60 Å². The van der Waals surface area contributed by atoms with Crippen molar-refractivity contribution >= 4 is 11.6 Å². The fourth-order valence-electron chi connectivity index (χ4n) is 2.74. The lowest BCUT2D eigenvalue weighted by Gasteiger charge is -2.39. The summed E-state index contributed by atoms with van der Waals surface area (Å²) in [4.78, 5) is 0. The Morgan fingerprint density at radius 3 is 2.94 bits per heavy atom. The molecule has 4 heteroatoms. The highest BCUT2D eigenvalue weighted by Gasteiger charge is 2.40. The van der Waals surface area contributed by atoms with Gasteiger partial charge in [-0.05, 0) is 25.0 Å². The summed E-state index contributed by atoms with van der Waals surface area (Å²) in [5.74, 6) is -0.364. The van der Waals surface area contributed by atoms with Gasteiger partial charge in [-0.25, -0.2) is 4.39 Å². The molecule has 1 aliphatic carbocycles. The van der Waals surface area contributed by atoms with Crippen LogP contribution in [0.5, 0.6) is 0 Å².